The average Bonchev–Trinajstić information content (AvgIpc) is 2.95. The molecule has 4 amide bonds. The number of hydrogen-bond donors (Lipinski definition) is 1. The first-order valence-electron chi connectivity index (χ1n) is 9.37. The Morgan fingerprint density at radius 2 is 1.71 bits per heavy atom. The molecule has 0 bridgehead atoms. The first-order chi connectivity index (χ1) is 13.4. The molecule has 146 valence electrons. The van der Waals surface area contributed by atoms with Gasteiger partial charge < -0.3 is 10.2 Å². The van der Waals surface area contributed by atoms with Gasteiger partial charge in [0.25, 0.3) is 5.91 Å². The number of carbonyl (C=O) groups excluding carboxylic acids is 3. The molecule has 0 spiro atoms. The van der Waals surface area contributed by atoms with E-state index in [-0.39, 0.29) is 18.4 Å². The second-order valence-electron chi connectivity index (χ2n) is 7.12. The zero-order valence-corrected chi connectivity index (χ0v) is 16.4. The van der Waals surface area contributed by atoms with Crippen LogP contribution in [0.25, 0.3) is 0 Å². The Bertz CT molecular complexity index is 897. The Kier molecular flexibility index (Phi) is 5.49. The minimum Gasteiger partial charge on any atom is -0.340 e. The van der Waals surface area contributed by atoms with Gasteiger partial charge in [0.15, 0.2) is 0 Å². The number of carbonyl (C=O) groups is 3. The summed E-state index contributed by atoms with van der Waals surface area (Å²) in [6.45, 7) is 3.98. The first-order valence-corrected chi connectivity index (χ1v) is 9.37. The van der Waals surface area contributed by atoms with E-state index in [4.69, 9.17) is 0 Å². The number of nitrogens with one attached hydrogen (secondary N) is 1. The Labute approximate surface area is 165 Å². The van der Waals surface area contributed by atoms with Crippen molar-refractivity contribution >= 4 is 17.8 Å². The van der Waals surface area contributed by atoms with Crippen molar-refractivity contribution in [1.82, 2.24) is 15.1 Å². The molecular formula is C22H25N3O3. The van der Waals surface area contributed by atoms with Crippen molar-refractivity contribution in [3.63, 3.8) is 0 Å². The van der Waals surface area contributed by atoms with Gasteiger partial charge in [-0.25, -0.2) is 4.79 Å². The molecule has 6 heteroatoms. The molecule has 1 saturated heterocycles. The van der Waals surface area contributed by atoms with Crippen LogP contribution in [0.4, 0.5) is 4.79 Å². The van der Waals surface area contributed by atoms with Gasteiger partial charge in [0.2, 0.25) is 5.91 Å². The van der Waals surface area contributed by atoms with E-state index in [2.05, 4.69) is 5.32 Å². The third-order valence-corrected chi connectivity index (χ3v) is 5.36. The second-order valence-corrected chi connectivity index (χ2v) is 7.12. The summed E-state index contributed by atoms with van der Waals surface area (Å²) in [5.74, 6) is -0.671. The molecule has 3 rings (SSSR count). The number of imide groups is 1. The lowest BCUT2D eigenvalue weighted by Crippen LogP contribution is -2.45. The molecule has 0 radical (unpaired) electrons. The molecule has 1 fully saturated rings. The summed E-state index contributed by atoms with van der Waals surface area (Å²) in [4.78, 5) is 40.9. The Morgan fingerprint density at radius 1 is 1.07 bits per heavy atom. The molecule has 28 heavy (non-hydrogen) atoms. The lowest BCUT2D eigenvalue weighted by Gasteiger charge is -2.26. The molecule has 0 saturated carbocycles. The molecular weight excluding hydrogens is 354 g/mol. The summed E-state index contributed by atoms with van der Waals surface area (Å²) in [7, 11) is 1.68. The van der Waals surface area contributed by atoms with Gasteiger partial charge in [0, 0.05) is 13.6 Å². The Hall–Kier alpha value is -3.15. The zero-order chi connectivity index (χ0) is 20.3. The van der Waals surface area contributed by atoms with Gasteiger partial charge in [-0.3, -0.25) is 14.5 Å². The molecule has 0 aromatic heterocycles. The van der Waals surface area contributed by atoms with Crippen molar-refractivity contribution in [2.24, 2.45) is 0 Å². The highest BCUT2D eigenvalue weighted by molar-refractivity contribution is 6.09. The smallest absolute Gasteiger partial charge is 0.325 e. The second kappa shape index (κ2) is 7.84. The van der Waals surface area contributed by atoms with Gasteiger partial charge in [-0.1, -0.05) is 61.5 Å². The van der Waals surface area contributed by atoms with E-state index in [1.54, 1.807) is 7.05 Å². The predicted molar refractivity (Wildman–Crippen MR) is 106 cm³/mol. The number of urea groups is 1. The van der Waals surface area contributed by atoms with E-state index in [0.717, 1.165) is 21.6 Å². The summed E-state index contributed by atoms with van der Waals surface area (Å²) < 4.78 is 0. The molecule has 1 unspecified atom stereocenters. The number of likely N-dealkylation sites (N-methyl/N-ethyl adjacent to an activating group) is 1. The van der Waals surface area contributed by atoms with Gasteiger partial charge in [0.1, 0.15) is 12.1 Å². The summed E-state index contributed by atoms with van der Waals surface area (Å²) in [6.07, 6.45) is 0.408. The van der Waals surface area contributed by atoms with Crippen molar-refractivity contribution in [2.45, 2.75) is 32.4 Å². The van der Waals surface area contributed by atoms with Gasteiger partial charge in [0.05, 0.1) is 0 Å². The third-order valence-electron chi connectivity index (χ3n) is 5.36. The third kappa shape index (κ3) is 3.50. The lowest BCUT2D eigenvalue weighted by molar-refractivity contribution is -0.138. The Morgan fingerprint density at radius 3 is 2.36 bits per heavy atom. The van der Waals surface area contributed by atoms with E-state index in [1.165, 1.54) is 4.90 Å². The molecule has 6 nitrogen and oxygen atoms in total. The number of benzene rings is 2. The standard InChI is InChI=1S/C22H25N3O3/c1-4-22(18-12-6-5-7-13-18)20(27)25(21(28)23-22)15-19(26)24(3)14-17-11-9-8-10-16(17)2/h5-13H,4,14-15H2,1-3H3,(H,23,28). The number of nitrogens with zero attached hydrogens (tertiary/aromatic N) is 2. The van der Waals surface area contributed by atoms with Gasteiger partial charge in [-0.15, -0.1) is 0 Å². The van der Waals surface area contributed by atoms with Crippen LogP contribution >= 0.6 is 0 Å². The lowest BCUT2D eigenvalue weighted by atomic mass is 9.87. The van der Waals surface area contributed by atoms with Crippen molar-refractivity contribution in [3.8, 4) is 0 Å². The largest absolute Gasteiger partial charge is 0.340 e. The van der Waals surface area contributed by atoms with Crippen LogP contribution in [0.2, 0.25) is 0 Å². The fourth-order valence-corrected chi connectivity index (χ4v) is 3.52. The summed E-state index contributed by atoms with van der Waals surface area (Å²) in [6, 6.07) is 16.4. The molecule has 0 aliphatic carbocycles. The highest BCUT2D eigenvalue weighted by atomic mass is 16.2. The quantitative estimate of drug-likeness (QED) is 0.785. The van der Waals surface area contributed by atoms with Gasteiger partial charge >= 0.3 is 6.03 Å². The van der Waals surface area contributed by atoms with E-state index < -0.39 is 11.6 Å². The van der Waals surface area contributed by atoms with E-state index in [1.807, 2.05) is 68.4 Å². The monoisotopic (exact) mass is 379 g/mol. The molecule has 1 heterocycles. The normalized spacial score (nSPS) is 18.9. The average molecular weight is 379 g/mol. The topological polar surface area (TPSA) is 69.7 Å². The van der Waals surface area contributed by atoms with E-state index >= 15 is 0 Å². The van der Waals surface area contributed by atoms with Crippen LogP contribution in [0, 0.1) is 6.92 Å². The van der Waals surface area contributed by atoms with Crippen molar-refractivity contribution in [3.05, 3.63) is 71.3 Å². The fraction of sp³-hybridized carbons (Fsp3) is 0.318. The maximum absolute atomic E-state index is 13.1. The number of amides is 4. The molecule has 1 atom stereocenters. The molecule has 2 aromatic rings. The van der Waals surface area contributed by atoms with Gasteiger partial charge in [-0.05, 0) is 30.0 Å². The van der Waals surface area contributed by atoms with Crippen LogP contribution in [0.3, 0.4) is 0 Å². The molecule has 2 aromatic carbocycles. The van der Waals surface area contributed by atoms with Gasteiger partial charge in [-0.2, -0.15) is 0 Å². The SMILES string of the molecule is CCC1(c2ccccc2)NC(=O)N(CC(=O)N(C)Cc2ccccc2C)C1=O. The molecule has 1 N–H and O–H groups in total. The highest BCUT2D eigenvalue weighted by Crippen LogP contribution is 2.32. The van der Waals surface area contributed by atoms with Crippen LogP contribution in [0.15, 0.2) is 54.6 Å². The van der Waals surface area contributed by atoms with Crippen molar-refractivity contribution < 1.29 is 14.4 Å². The Balaban J connectivity index is 1.75. The number of rotatable bonds is 6. The van der Waals surface area contributed by atoms with Crippen LogP contribution in [-0.4, -0.2) is 41.2 Å². The predicted octanol–water partition coefficient (Wildman–Crippen LogP) is 2.81. The molecule has 1 aliphatic heterocycles. The van der Waals surface area contributed by atoms with Crippen LogP contribution in [-0.2, 0) is 21.7 Å². The van der Waals surface area contributed by atoms with Crippen molar-refractivity contribution in [1.29, 1.82) is 0 Å². The minimum absolute atomic E-state index is 0.276. The molecule has 1 aliphatic rings. The van der Waals surface area contributed by atoms with Crippen LogP contribution in [0.1, 0.15) is 30.0 Å². The highest BCUT2D eigenvalue weighted by Gasteiger charge is 2.51. The van der Waals surface area contributed by atoms with E-state index in [9.17, 15) is 14.4 Å². The number of hydrogen-bond acceptors (Lipinski definition) is 3. The maximum atomic E-state index is 13.1. The fourth-order valence-electron chi connectivity index (χ4n) is 3.52. The van der Waals surface area contributed by atoms with Crippen molar-refractivity contribution in [2.75, 3.05) is 13.6 Å². The minimum atomic E-state index is -1.12. The zero-order valence-electron chi connectivity index (χ0n) is 16.4. The summed E-state index contributed by atoms with van der Waals surface area (Å²) in [5.41, 5.74) is 1.72. The maximum Gasteiger partial charge on any atom is 0.325 e. The summed E-state index contributed by atoms with van der Waals surface area (Å²) >= 11 is 0. The van der Waals surface area contributed by atoms with E-state index in [0.29, 0.717) is 13.0 Å². The first kappa shape index (κ1) is 19.6. The number of aryl methyl sites for hydroxylation is 1. The van der Waals surface area contributed by atoms with Crippen LogP contribution in [0.5, 0.6) is 0 Å². The van der Waals surface area contributed by atoms with Crippen LogP contribution < -0.4 is 5.32 Å². The summed E-state index contributed by atoms with van der Waals surface area (Å²) in [5, 5.41) is 2.80.